The van der Waals surface area contributed by atoms with Gasteiger partial charge in [-0.05, 0) is 62.3 Å². The lowest BCUT2D eigenvalue weighted by atomic mass is 9.91. The lowest BCUT2D eigenvalue weighted by Gasteiger charge is -2.34. The first-order chi connectivity index (χ1) is 14.8. The van der Waals surface area contributed by atoms with Crippen molar-refractivity contribution in [3.8, 4) is 0 Å². The maximum Gasteiger partial charge on any atom is 0.248 e. The molecule has 2 heterocycles. The Bertz CT molecular complexity index is 972. The number of aliphatic hydroxyl groups excluding tert-OH is 1. The largest absolute Gasteiger partial charge is 0.391 e. The van der Waals surface area contributed by atoms with Gasteiger partial charge in [-0.3, -0.25) is 9.59 Å². The van der Waals surface area contributed by atoms with Gasteiger partial charge in [-0.1, -0.05) is 13.8 Å². The van der Waals surface area contributed by atoms with Crippen LogP contribution in [0.25, 0.3) is 10.9 Å². The van der Waals surface area contributed by atoms with Crippen LogP contribution in [0.15, 0.2) is 24.4 Å². The van der Waals surface area contributed by atoms with Crippen LogP contribution < -0.4 is 5.32 Å². The number of halogens is 1. The molecule has 31 heavy (non-hydrogen) atoms. The molecule has 1 saturated carbocycles. The molecule has 0 spiro atoms. The minimum absolute atomic E-state index is 0.0262. The topological polar surface area (TPSA) is 85.4 Å². The van der Waals surface area contributed by atoms with Gasteiger partial charge in [-0.25, -0.2) is 4.39 Å². The number of fused-ring (bicyclic) bond motifs is 2. The Morgan fingerprint density at radius 2 is 2.06 bits per heavy atom. The highest BCUT2D eigenvalue weighted by atomic mass is 19.1. The highest BCUT2D eigenvalue weighted by Crippen LogP contribution is 2.48. The van der Waals surface area contributed by atoms with E-state index in [4.69, 9.17) is 0 Å². The van der Waals surface area contributed by atoms with Crippen molar-refractivity contribution in [2.24, 2.45) is 11.8 Å². The van der Waals surface area contributed by atoms with Crippen LogP contribution in [0.1, 0.15) is 57.9 Å². The van der Waals surface area contributed by atoms with Crippen molar-refractivity contribution in [1.82, 2.24) is 15.2 Å². The van der Waals surface area contributed by atoms with Crippen LogP contribution in [0.5, 0.6) is 0 Å². The van der Waals surface area contributed by atoms with Crippen LogP contribution in [0.2, 0.25) is 0 Å². The maximum atomic E-state index is 13.6. The third-order valence-corrected chi connectivity index (χ3v) is 7.31. The number of nitrogens with one attached hydrogen (secondary N) is 2. The number of rotatable bonds is 6. The number of hydrogen-bond acceptors (Lipinski definition) is 3. The summed E-state index contributed by atoms with van der Waals surface area (Å²) in [5, 5.41) is 14.1. The first-order valence-corrected chi connectivity index (χ1v) is 11.4. The lowest BCUT2D eigenvalue weighted by molar-refractivity contribution is -0.141. The number of nitrogens with zero attached hydrogens (tertiary/aromatic N) is 1. The molecule has 1 aliphatic heterocycles. The minimum Gasteiger partial charge on any atom is -0.391 e. The summed E-state index contributed by atoms with van der Waals surface area (Å²) < 4.78 is 13.6. The summed E-state index contributed by atoms with van der Waals surface area (Å²) in [5.41, 5.74) is 1.87. The van der Waals surface area contributed by atoms with E-state index in [2.05, 4.69) is 10.3 Å². The fourth-order valence-electron chi connectivity index (χ4n) is 5.38. The van der Waals surface area contributed by atoms with Gasteiger partial charge in [0.1, 0.15) is 11.9 Å². The van der Waals surface area contributed by atoms with Gasteiger partial charge >= 0.3 is 0 Å². The zero-order valence-corrected chi connectivity index (χ0v) is 18.4. The summed E-state index contributed by atoms with van der Waals surface area (Å²) >= 11 is 0. The SMILES string of the molecule is CC[C@@H](C)C(=O)N[C@H](C(=O)N1CC[C@H]2CC[C@H](c3c[nH]c4cc(F)ccc34)[C@H]21)[C@@H](C)O. The van der Waals surface area contributed by atoms with E-state index in [1.54, 1.807) is 13.0 Å². The molecule has 2 amide bonds. The average Bonchev–Trinajstić information content (AvgIpc) is 3.44. The summed E-state index contributed by atoms with van der Waals surface area (Å²) in [6, 6.07) is 3.85. The van der Waals surface area contributed by atoms with Gasteiger partial charge in [0, 0.05) is 41.5 Å². The average molecular weight is 430 g/mol. The normalized spacial score (nSPS) is 26.0. The molecule has 168 valence electrons. The van der Waals surface area contributed by atoms with Crippen LogP contribution in [0.3, 0.4) is 0 Å². The Morgan fingerprint density at radius 3 is 2.77 bits per heavy atom. The first-order valence-electron chi connectivity index (χ1n) is 11.4. The number of benzene rings is 1. The second-order valence-electron chi connectivity index (χ2n) is 9.22. The number of carbonyl (C=O) groups is 2. The van der Waals surface area contributed by atoms with Crippen molar-refractivity contribution in [1.29, 1.82) is 0 Å². The van der Waals surface area contributed by atoms with Gasteiger partial charge < -0.3 is 20.3 Å². The molecule has 2 aromatic rings. The number of aromatic amines is 1. The molecule has 1 aliphatic carbocycles. The summed E-state index contributed by atoms with van der Waals surface area (Å²) in [6.07, 6.45) is 4.55. The monoisotopic (exact) mass is 429 g/mol. The second kappa shape index (κ2) is 8.61. The van der Waals surface area contributed by atoms with Gasteiger partial charge in [0.05, 0.1) is 6.10 Å². The molecule has 6 atom stereocenters. The number of likely N-dealkylation sites (tertiary alicyclic amines) is 1. The highest BCUT2D eigenvalue weighted by Gasteiger charge is 2.48. The third-order valence-electron chi connectivity index (χ3n) is 7.31. The minimum atomic E-state index is -0.976. The Balaban J connectivity index is 1.60. The summed E-state index contributed by atoms with van der Waals surface area (Å²) in [4.78, 5) is 31.0. The Morgan fingerprint density at radius 1 is 1.29 bits per heavy atom. The Hall–Kier alpha value is -2.41. The molecule has 1 saturated heterocycles. The van der Waals surface area contributed by atoms with Crippen molar-refractivity contribution in [2.45, 2.75) is 70.6 Å². The van der Waals surface area contributed by atoms with E-state index >= 15 is 0 Å². The number of amides is 2. The summed E-state index contributed by atoms with van der Waals surface area (Å²) in [6.45, 7) is 5.92. The van der Waals surface area contributed by atoms with E-state index < -0.39 is 12.1 Å². The molecule has 6 nitrogen and oxygen atoms in total. The molecule has 2 aliphatic rings. The first kappa shape index (κ1) is 21.8. The van der Waals surface area contributed by atoms with E-state index in [1.807, 2.05) is 24.9 Å². The van der Waals surface area contributed by atoms with Crippen LogP contribution in [-0.2, 0) is 9.59 Å². The molecule has 7 heteroatoms. The van der Waals surface area contributed by atoms with Gasteiger partial charge in [0.2, 0.25) is 11.8 Å². The van der Waals surface area contributed by atoms with Gasteiger partial charge in [-0.15, -0.1) is 0 Å². The van der Waals surface area contributed by atoms with Crippen LogP contribution in [-0.4, -0.2) is 51.5 Å². The standard InChI is InChI=1S/C24H32FN3O3/c1-4-13(2)23(30)27-21(14(3)29)24(31)28-10-9-15-5-7-18(22(15)28)19-12-26-20-11-16(25)6-8-17(19)20/h6,8,11-15,18,21-22,26,29H,4-5,7,9-10H2,1-3H3,(H,27,30)/t13-,14-,15-,18-,21+,22+/m1/s1. The lowest BCUT2D eigenvalue weighted by Crippen LogP contribution is -2.56. The fourth-order valence-corrected chi connectivity index (χ4v) is 5.38. The zero-order chi connectivity index (χ0) is 22.3. The van der Waals surface area contributed by atoms with Crippen LogP contribution in [0.4, 0.5) is 4.39 Å². The van der Waals surface area contributed by atoms with E-state index in [0.717, 1.165) is 35.7 Å². The van der Waals surface area contributed by atoms with E-state index in [-0.39, 0.29) is 35.5 Å². The summed E-state index contributed by atoms with van der Waals surface area (Å²) in [7, 11) is 0. The number of aliphatic hydroxyl groups is 1. The van der Waals surface area contributed by atoms with Crippen molar-refractivity contribution < 1.29 is 19.1 Å². The predicted octanol–water partition coefficient (Wildman–Crippen LogP) is 3.31. The molecule has 2 fully saturated rings. The molecule has 0 unspecified atom stereocenters. The zero-order valence-electron chi connectivity index (χ0n) is 18.4. The van der Waals surface area contributed by atoms with Gasteiger partial charge in [0.15, 0.2) is 0 Å². The highest BCUT2D eigenvalue weighted by molar-refractivity contribution is 5.89. The molecule has 0 radical (unpaired) electrons. The van der Waals surface area contributed by atoms with Crippen molar-refractivity contribution in [2.75, 3.05) is 6.54 Å². The number of aromatic nitrogens is 1. The molecular formula is C24H32FN3O3. The summed E-state index contributed by atoms with van der Waals surface area (Å²) in [5.74, 6) is -0.364. The number of carbonyl (C=O) groups excluding carboxylic acids is 2. The third kappa shape index (κ3) is 3.95. The van der Waals surface area contributed by atoms with Crippen molar-refractivity contribution in [3.05, 3.63) is 35.8 Å². The van der Waals surface area contributed by atoms with E-state index in [0.29, 0.717) is 18.9 Å². The fraction of sp³-hybridized carbons (Fsp3) is 0.583. The smallest absolute Gasteiger partial charge is 0.248 e. The van der Waals surface area contributed by atoms with Gasteiger partial charge in [0.25, 0.3) is 0 Å². The molecular weight excluding hydrogens is 397 g/mol. The Labute approximate surface area is 182 Å². The molecule has 4 rings (SSSR count). The number of hydrogen-bond donors (Lipinski definition) is 3. The van der Waals surface area contributed by atoms with Crippen molar-refractivity contribution in [3.63, 3.8) is 0 Å². The molecule has 3 N–H and O–H groups in total. The van der Waals surface area contributed by atoms with E-state index in [9.17, 15) is 19.1 Å². The second-order valence-corrected chi connectivity index (χ2v) is 9.22. The van der Waals surface area contributed by atoms with E-state index in [1.165, 1.54) is 12.1 Å². The predicted molar refractivity (Wildman–Crippen MR) is 117 cm³/mol. The van der Waals surface area contributed by atoms with Crippen LogP contribution >= 0.6 is 0 Å². The number of H-pyrrole nitrogens is 1. The van der Waals surface area contributed by atoms with Gasteiger partial charge in [-0.2, -0.15) is 0 Å². The Kier molecular flexibility index (Phi) is 6.06. The van der Waals surface area contributed by atoms with Crippen LogP contribution in [0, 0.1) is 17.7 Å². The molecule has 0 bridgehead atoms. The molecule has 1 aromatic heterocycles. The molecule has 1 aromatic carbocycles. The quantitative estimate of drug-likeness (QED) is 0.659. The maximum absolute atomic E-state index is 13.6. The van der Waals surface area contributed by atoms with Crippen molar-refractivity contribution >= 4 is 22.7 Å².